The summed E-state index contributed by atoms with van der Waals surface area (Å²) < 4.78 is 7.43. The van der Waals surface area contributed by atoms with Gasteiger partial charge in [-0.15, -0.1) is 0 Å². The number of fused-ring (bicyclic) bond motifs is 2. The van der Waals surface area contributed by atoms with Crippen molar-refractivity contribution in [2.75, 3.05) is 5.32 Å². The number of hydrogen-bond donors (Lipinski definition) is 2. The van der Waals surface area contributed by atoms with Gasteiger partial charge in [-0.2, -0.15) is 0 Å². The molecule has 3 aromatic rings. The van der Waals surface area contributed by atoms with Crippen LogP contribution in [-0.4, -0.2) is 26.5 Å². The number of ether oxygens (including phenoxy) is 1. The van der Waals surface area contributed by atoms with E-state index in [1.54, 1.807) is 6.92 Å². The Morgan fingerprint density at radius 2 is 2.17 bits per heavy atom. The van der Waals surface area contributed by atoms with Gasteiger partial charge in [-0.1, -0.05) is 6.07 Å². The van der Waals surface area contributed by atoms with Gasteiger partial charge in [0.15, 0.2) is 6.10 Å². The lowest BCUT2D eigenvalue weighted by Crippen LogP contribution is -2.34. The van der Waals surface area contributed by atoms with Gasteiger partial charge in [0.1, 0.15) is 11.4 Å². The molecule has 0 radical (unpaired) electrons. The SMILES string of the molecule is CC1Oc2ccc(-c3cn4cc(CO)ccc4n3)cc2NC1=O. The van der Waals surface area contributed by atoms with Crippen molar-refractivity contribution in [3.8, 4) is 17.0 Å². The number of carbonyl (C=O) groups excluding carboxylic acids is 1. The average Bonchev–Trinajstić information content (AvgIpc) is 2.98. The molecule has 1 aliphatic heterocycles. The highest BCUT2D eigenvalue weighted by molar-refractivity contribution is 5.98. The molecule has 0 bridgehead atoms. The van der Waals surface area contributed by atoms with Crippen LogP contribution in [0.4, 0.5) is 5.69 Å². The molecule has 0 aliphatic carbocycles. The molecular weight excluding hydrogens is 294 g/mol. The second-order valence-electron chi connectivity index (χ2n) is 5.55. The van der Waals surface area contributed by atoms with E-state index in [0.717, 1.165) is 22.5 Å². The Bertz CT molecular complexity index is 917. The lowest BCUT2D eigenvalue weighted by molar-refractivity contribution is -0.122. The van der Waals surface area contributed by atoms with E-state index in [-0.39, 0.29) is 12.5 Å². The number of pyridine rings is 1. The van der Waals surface area contributed by atoms with Crippen LogP contribution in [0.25, 0.3) is 16.9 Å². The second kappa shape index (κ2) is 5.10. The number of imidazole rings is 1. The summed E-state index contributed by atoms with van der Waals surface area (Å²) in [5.41, 5.74) is 3.94. The summed E-state index contributed by atoms with van der Waals surface area (Å²) in [5, 5.41) is 12.1. The Balaban J connectivity index is 1.76. The largest absolute Gasteiger partial charge is 0.479 e. The van der Waals surface area contributed by atoms with Crippen molar-refractivity contribution in [3.05, 3.63) is 48.3 Å². The zero-order valence-electron chi connectivity index (χ0n) is 12.5. The number of hydrogen-bond acceptors (Lipinski definition) is 4. The molecule has 23 heavy (non-hydrogen) atoms. The van der Waals surface area contributed by atoms with Crippen LogP contribution in [0.2, 0.25) is 0 Å². The van der Waals surface area contributed by atoms with Gasteiger partial charge in [0.2, 0.25) is 0 Å². The molecule has 0 saturated heterocycles. The quantitative estimate of drug-likeness (QED) is 0.761. The number of nitrogens with one attached hydrogen (secondary N) is 1. The number of benzene rings is 1. The third-order valence-corrected chi connectivity index (χ3v) is 3.90. The molecule has 4 rings (SSSR count). The van der Waals surface area contributed by atoms with Crippen molar-refractivity contribution in [2.24, 2.45) is 0 Å². The molecule has 0 saturated carbocycles. The van der Waals surface area contributed by atoms with Crippen molar-refractivity contribution in [3.63, 3.8) is 0 Å². The molecule has 0 spiro atoms. The fourth-order valence-corrected chi connectivity index (χ4v) is 2.64. The van der Waals surface area contributed by atoms with E-state index in [1.807, 2.05) is 47.1 Å². The summed E-state index contributed by atoms with van der Waals surface area (Å²) in [6.45, 7) is 1.71. The zero-order valence-corrected chi connectivity index (χ0v) is 12.5. The van der Waals surface area contributed by atoms with E-state index in [4.69, 9.17) is 4.74 Å². The van der Waals surface area contributed by atoms with E-state index < -0.39 is 6.10 Å². The number of carbonyl (C=O) groups is 1. The van der Waals surface area contributed by atoms with Crippen molar-refractivity contribution in [2.45, 2.75) is 19.6 Å². The van der Waals surface area contributed by atoms with Crippen molar-refractivity contribution in [1.82, 2.24) is 9.38 Å². The molecule has 0 fully saturated rings. The number of nitrogens with zero attached hydrogens (tertiary/aromatic N) is 2. The van der Waals surface area contributed by atoms with E-state index in [0.29, 0.717) is 11.4 Å². The van der Waals surface area contributed by atoms with Crippen LogP contribution >= 0.6 is 0 Å². The minimum Gasteiger partial charge on any atom is -0.479 e. The minimum atomic E-state index is -0.486. The van der Waals surface area contributed by atoms with Gasteiger partial charge in [-0.3, -0.25) is 4.79 Å². The zero-order chi connectivity index (χ0) is 16.0. The van der Waals surface area contributed by atoms with Gasteiger partial charge in [-0.05, 0) is 36.8 Å². The Hall–Kier alpha value is -2.86. The monoisotopic (exact) mass is 309 g/mol. The molecule has 116 valence electrons. The fourth-order valence-electron chi connectivity index (χ4n) is 2.64. The molecule has 2 N–H and O–H groups in total. The summed E-state index contributed by atoms with van der Waals surface area (Å²) >= 11 is 0. The first-order valence-corrected chi connectivity index (χ1v) is 7.34. The summed E-state index contributed by atoms with van der Waals surface area (Å²) in [6, 6.07) is 9.31. The average molecular weight is 309 g/mol. The molecule has 1 atom stereocenters. The highest BCUT2D eigenvalue weighted by atomic mass is 16.5. The maximum absolute atomic E-state index is 11.7. The lowest BCUT2D eigenvalue weighted by Gasteiger charge is -2.23. The third-order valence-electron chi connectivity index (χ3n) is 3.90. The van der Waals surface area contributed by atoms with Gasteiger partial charge in [-0.25, -0.2) is 4.98 Å². The normalized spacial score (nSPS) is 16.8. The summed E-state index contributed by atoms with van der Waals surface area (Å²) in [6.07, 6.45) is 3.25. The van der Waals surface area contributed by atoms with Crippen molar-refractivity contribution >= 4 is 17.2 Å². The van der Waals surface area contributed by atoms with Crippen LogP contribution in [-0.2, 0) is 11.4 Å². The van der Waals surface area contributed by atoms with Gasteiger partial charge in [0.05, 0.1) is 18.0 Å². The molecule has 1 unspecified atom stereocenters. The number of anilines is 1. The van der Waals surface area contributed by atoms with Gasteiger partial charge >= 0.3 is 0 Å². The van der Waals surface area contributed by atoms with E-state index >= 15 is 0 Å². The molecule has 3 heterocycles. The van der Waals surface area contributed by atoms with Gasteiger partial charge in [0.25, 0.3) is 5.91 Å². The molecule has 6 nitrogen and oxygen atoms in total. The maximum Gasteiger partial charge on any atom is 0.265 e. The summed E-state index contributed by atoms with van der Waals surface area (Å²) in [7, 11) is 0. The topological polar surface area (TPSA) is 75.9 Å². The summed E-state index contributed by atoms with van der Waals surface area (Å²) in [4.78, 5) is 16.3. The van der Waals surface area contributed by atoms with E-state index in [2.05, 4.69) is 10.3 Å². The Morgan fingerprint density at radius 1 is 1.30 bits per heavy atom. The van der Waals surface area contributed by atoms with E-state index in [1.165, 1.54) is 0 Å². The smallest absolute Gasteiger partial charge is 0.265 e. The molecule has 1 aliphatic rings. The highest BCUT2D eigenvalue weighted by Gasteiger charge is 2.23. The fraction of sp³-hybridized carbons (Fsp3) is 0.176. The summed E-state index contributed by atoms with van der Waals surface area (Å²) in [5.74, 6) is 0.504. The van der Waals surface area contributed by atoms with E-state index in [9.17, 15) is 9.90 Å². The van der Waals surface area contributed by atoms with Crippen LogP contribution in [0.15, 0.2) is 42.7 Å². The highest BCUT2D eigenvalue weighted by Crippen LogP contribution is 2.33. The Labute approximate surface area is 132 Å². The van der Waals surface area contributed by atoms with Crippen LogP contribution in [0, 0.1) is 0 Å². The first-order chi connectivity index (χ1) is 11.1. The number of rotatable bonds is 2. The number of aliphatic hydroxyl groups is 1. The molecule has 1 aromatic carbocycles. The molecule has 2 aromatic heterocycles. The van der Waals surface area contributed by atoms with Crippen LogP contribution in [0.5, 0.6) is 5.75 Å². The molecule has 6 heteroatoms. The molecular formula is C17H15N3O3. The molecule has 1 amide bonds. The number of amides is 1. The number of aromatic nitrogens is 2. The Morgan fingerprint density at radius 3 is 3.00 bits per heavy atom. The van der Waals surface area contributed by atoms with Crippen LogP contribution in [0.1, 0.15) is 12.5 Å². The van der Waals surface area contributed by atoms with Gasteiger partial charge in [0, 0.05) is 18.0 Å². The van der Waals surface area contributed by atoms with Gasteiger partial charge < -0.3 is 19.6 Å². The standard InChI is InChI=1S/C17H15N3O3/c1-10-17(22)19-13-6-12(3-4-15(13)23-10)14-8-20-7-11(9-21)2-5-16(20)18-14/h2-8,10,21H,9H2,1H3,(H,19,22). The first kappa shape index (κ1) is 13.8. The van der Waals surface area contributed by atoms with Crippen LogP contribution in [0.3, 0.4) is 0 Å². The van der Waals surface area contributed by atoms with Crippen molar-refractivity contribution < 1.29 is 14.6 Å². The first-order valence-electron chi connectivity index (χ1n) is 7.34. The second-order valence-corrected chi connectivity index (χ2v) is 5.55. The van der Waals surface area contributed by atoms with Crippen LogP contribution < -0.4 is 10.1 Å². The minimum absolute atomic E-state index is 0.0101. The van der Waals surface area contributed by atoms with Crippen molar-refractivity contribution in [1.29, 1.82) is 0 Å². The maximum atomic E-state index is 11.7. The predicted octanol–water partition coefficient (Wildman–Crippen LogP) is 2.21. The predicted molar refractivity (Wildman–Crippen MR) is 85.3 cm³/mol. The number of aliphatic hydroxyl groups excluding tert-OH is 1. The lowest BCUT2D eigenvalue weighted by atomic mass is 10.1. The Kier molecular flexibility index (Phi) is 3.06. The third kappa shape index (κ3) is 2.33.